The highest BCUT2D eigenvalue weighted by Crippen LogP contribution is 2.45. The van der Waals surface area contributed by atoms with Crippen molar-refractivity contribution in [3.8, 4) is 0 Å². The van der Waals surface area contributed by atoms with Crippen LogP contribution in [0.4, 0.5) is 5.82 Å². The molecule has 2 atom stereocenters. The van der Waals surface area contributed by atoms with Crippen LogP contribution in [-0.4, -0.2) is 42.3 Å². The van der Waals surface area contributed by atoms with Crippen LogP contribution in [-0.2, 0) is 9.30 Å². The van der Waals surface area contributed by atoms with Crippen molar-refractivity contribution in [2.45, 2.75) is 12.5 Å². The summed E-state index contributed by atoms with van der Waals surface area (Å²) < 4.78 is 17.6. The molecule has 1 fully saturated rings. The Kier molecular flexibility index (Phi) is 3.21. The van der Waals surface area contributed by atoms with Gasteiger partial charge in [0, 0.05) is 12.0 Å². The molecule has 20 heavy (non-hydrogen) atoms. The summed E-state index contributed by atoms with van der Waals surface area (Å²) >= 11 is 0. The maximum atomic E-state index is 10.7. The fraction of sp³-hybridized carbons (Fsp3) is 0.500. The molecule has 0 spiro atoms. The maximum Gasteiger partial charge on any atom is 0.350 e. The summed E-state index contributed by atoms with van der Waals surface area (Å²) in [6, 6.07) is 0.172. The Bertz CT molecular complexity index is 683. The lowest BCUT2D eigenvalue weighted by molar-refractivity contribution is 0.144. The van der Waals surface area contributed by atoms with Crippen LogP contribution < -0.4 is 5.73 Å². The molecule has 1 aliphatic rings. The molecule has 2 aromatic rings. The van der Waals surface area contributed by atoms with Gasteiger partial charge < -0.3 is 24.8 Å². The van der Waals surface area contributed by atoms with Crippen LogP contribution in [0.15, 0.2) is 12.7 Å². The first kappa shape index (κ1) is 13.4. The van der Waals surface area contributed by atoms with E-state index in [-0.39, 0.29) is 12.0 Å². The van der Waals surface area contributed by atoms with Crippen molar-refractivity contribution in [3.05, 3.63) is 12.7 Å². The number of imidazole rings is 1. The average molecular weight is 299 g/mol. The number of nitrogens with two attached hydrogens (primary N) is 1. The number of nitrogen functional groups attached to an aromatic ring is 1. The van der Waals surface area contributed by atoms with Crippen molar-refractivity contribution in [2.24, 2.45) is 5.92 Å². The lowest BCUT2D eigenvalue weighted by Crippen LogP contribution is -2.03. The number of nitrogens with zero attached hydrogens (tertiary/aromatic N) is 4. The van der Waals surface area contributed by atoms with E-state index in [1.807, 2.05) is 4.57 Å². The van der Waals surface area contributed by atoms with Crippen molar-refractivity contribution >= 4 is 24.6 Å². The van der Waals surface area contributed by atoms with Gasteiger partial charge in [0.15, 0.2) is 11.5 Å². The fourth-order valence-electron chi connectivity index (χ4n) is 2.19. The van der Waals surface area contributed by atoms with E-state index >= 15 is 0 Å². The monoisotopic (exact) mass is 299 g/mol. The zero-order chi connectivity index (χ0) is 14.3. The molecule has 1 saturated carbocycles. The molecule has 9 nitrogen and oxygen atoms in total. The van der Waals surface area contributed by atoms with Crippen LogP contribution >= 0.6 is 7.60 Å². The summed E-state index contributed by atoms with van der Waals surface area (Å²) in [5.41, 5.74) is 6.95. The Hall–Kier alpha value is -1.54. The second kappa shape index (κ2) is 4.78. The van der Waals surface area contributed by atoms with E-state index in [2.05, 4.69) is 15.0 Å². The first-order valence-electron chi connectivity index (χ1n) is 6.01. The van der Waals surface area contributed by atoms with Crippen molar-refractivity contribution < 1.29 is 19.1 Å². The van der Waals surface area contributed by atoms with Crippen molar-refractivity contribution in [1.82, 2.24) is 19.5 Å². The molecule has 0 radical (unpaired) electrons. The van der Waals surface area contributed by atoms with Crippen LogP contribution in [0.5, 0.6) is 0 Å². The van der Waals surface area contributed by atoms with Gasteiger partial charge in [0.05, 0.1) is 12.9 Å². The zero-order valence-corrected chi connectivity index (χ0v) is 11.3. The first-order chi connectivity index (χ1) is 9.46. The number of fused-ring (bicyclic) bond motifs is 1. The van der Waals surface area contributed by atoms with Gasteiger partial charge in [-0.25, -0.2) is 15.0 Å². The topological polar surface area (TPSA) is 136 Å². The molecule has 1 aliphatic carbocycles. The molecule has 0 aliphatic heterocycles. The lowest BCUT2D eigenvalue weighted by atomic mass is 10.4. The number of rotatable bonds is 5. The summed E-state index contributed by atoms with van der Waals surface area (Å²) in [5, 5.41) is 0. The highest BCUT2D eigenvalue weighted by atomic mass is 31.2. The summed E-state index contributed by atoms with van der Waals surface area (Å²) in [6.07, 6.45) is 3.35. The van der Waals surface area contributed by atoms with Crippen LogP contribution in [0, 0.1) is 5.92 Å². The van der Waals surface area contributed by atoms with Gasteiger partial charge >= 0.3 is 7.60 Å². The summed E-state index contributed by atoms with van der Waals surface area (Å²) in [6.45, 7) is 0.302. The molecule has 4 N–H and O–H groups in total. The normalized spacial score (nSPS) is 22.3. The van der Waals surface area contributed by atoms with Crippen LogP contribution in [0.1, 0.15) is 12.5 Å². The van der Waals surface area contributed by atoms with Crippen LogP contribution in [0.25, 0.3) is 11.2 Å². The van der Waals surface area contributed by atoms with Gasteiger partial charge in [-0.3, -0.25) is 4.57 Å². The SMILES string of the molecule is Nc1ncnc2c1ncn2C1CC1COCP(=O)(O)O. The maximum absolute atomic E-state index is 10.7. The molecule has 2 unspecified atom stereocenters. The van der Waals surface area contributed by atoms with E-state index in [0.29, 0.717) is 23.6 Å². The largest absolute Gasteiger partial charge is 0.382 e. The minimum absolute atomic E-state index is 0.172. The zero-order valence-electron chi connectivity index (χ0n) is 10.5. The predicted octanol–water partition coefficient (Wildman–Crippen LogP) is 0.121. The number of hydrogen-bond donors (Lipinski definition) is 3. The van der Waals surface area contributed by atoms with Crippen LogP contribution in [0.3, 0.4) is 0 Å². The number of aromatic nitrogens is 4. The van der Waals surface area contributed by atoms with E-state index in [1.54, 1.807) is 6.33 Å². The van der Waals surface area contributed by atoms with E-state index in [4.69, 9.17) is 20.3 Å². The molecule has 0 aromatic carbocycles. The molecule has 0 amide bonds. The quantitative estimate of drug-likeness (QED) is 0.662. The molecule has 0 bridgehead atoms. The molecule has 2 heterocycles. The summed E-state index contributed by atoms with van der Waals surface area (Å²) in [7, 11) is -4.10. The Balaban J connectivity index is 1.66. The minimum Gasteiger partial charge on any atom is -0.382 e. The van der Waals surface area contributed by atoms with E-state index in [0.717, 1.165) is 6.42 Å². The second-order valence-electron chi connectivity index (χ2n) is 4.81. The Labute approximate surface area is 114 Å². The third kappa shape index (κ3) is 2.66. The third-order valence-corrected chi connectivity index (χ3v) is 3.74. The highest BCUT2D eigenvalue weighted by molar-refractivity contribution is 7.51. The van der Waals surface area contributed by atoms with Gasteiger partial charge in [0.1, 0.15) is 18.2 Å². The van der Waals surface area contributed by atoms with Gasteiger partial charge in [-0.2, -0.15) is 0 Å². The van der Waals surface area contributed by atoms with E-state index in [1.165, 1.54) is 6.33 Å². The molecular weight excluding hydrogens is 285 g/mol. The standard InChI is InChI=1S/C10H14N5O4P/c11-9-8-10(13-3-12-9)15(4-14-8)7-1-6(7)2-19-5-20(16,17)18/h3-4,6-7H,1-2,5H2,(H2,11,12,13)(H2,16,17,18). The molecular formula is C10H14N5O4P. The van der Waals surface area contributed by atoms with Crippen LogP contribution in [0.2, 0.25) is 0 Å². The summed E-state index contributed by atoms with van der Waals surface area (Å²) in [4.78, 5) is 29.6. The minimum atomic E-state index is -4.10. The van der Waals surface area contributed by atoms with Gasteiger partial charge in [0.2, 0.25) is 0 Å². The second-order valence-corrected chi connectivity index (χ2v) is 6.40. The Morgan fingerprint density at radius 3 is 3.00 bits per heavy atom. The molecule has 108 valence electrons. The van der Waals surface area contributed by atoms with Gasteiger partial charge in [-0.15, -0.1) is 0 Å². The number of hydrogen-bond acceptors (Lipinski definition) is 6. The van der Waals surface area contributed by atoms with Crippen molar-refractivity contribution in [2.75, 3.05) is 18.7 Å². The molecule has 2 aromatic heterocycles. The van der Waals surface area contributed by atoms with Gasteiger partial charge in [-0.1, -0.05) is 0 Å². The predicted molar refractivity (Wildman–Crippen MR) is 69.7 cm³/mol. The fourth-order valence-corrected chi connectivity index (χ4v) is 2.53. The number of ether oxygens (including phenoxy) is 1. The van der Waals surface area contributed by atoms with Gasteiger partial charge in [0.25, 0.3) is 0 Å². The lowest BCUT2D eigenvalue weighted by Gasteiger charge is -2.06. The smallest absolute Gasteiger partial charge is 0.350 e. The van der Waals surface area contributed by atoms with E-state index in [9.17, 15) is 4.57 Å². The average Bonchev–Trinajstić information content (AvgIpc) is 2.97. The Morgan fingerprint density at radius 1 is 1.45 bits per heavy atom. The van der Waals surface area contributed by atoms with Gasteiger partial charge in [-0.05, 0) is 6.42 Å². The highest BCUT2D eigenvalue weighted by Gasteiger charge is 2.40. The first-order valence-corrected chi connectivity index (χ1v) is 7.81. The summed E-state index contributed by atoms with van der Waals surface area (Å²) in [5.74, 6) is 0.541. The Morgan fingerprint density at radius 2 is 2.25 bits per heavy atom. The van der Waals surface area contributed by atoms with Crippen molar-refractivity contribution in [1.29, 1.82) is 0 Å². The van der Waals surface area contributed by atoms with Crippen molar-refractivity contribution in [3.63, 3.8) is 0 Å². The third-order valence-electron chi connectivity index (χ3n) is 3.22. The molecule has 3 rings (SSSR count). The molecule has 0 saturated heterocycles. The number of anilines is 1. The van der Waals surface area contributed by atoms with E-state index < -0.39 is 13.9 Å². The molecule has 10 heteroatoms.